The molecule has 2 N–H and O–H groups in total. The molecule has 1 fully saturated rings. The molecule has 0 unspecified atom stereocenters. The van der Waals surface area contributed by atoms with Crippen molar-refractivity contribution in [2.75, 3.05) is 59.7 Å². The van der Waals surface area contributed by atoms with Crippen molar-refractivity contribution in [2.45, 2.75) is 13.3 Å². The number of amides is 1. The van der Waals surface area contributed by atoms with E-state index in [0.29, 0.717) is 56.8 Å². The van der Waals surface area contributed by atoms with Crippen molar-refractivity contribution in [3.8, 4) is 11.5 Å². The van der Waals surface area contributed by atoms with E-state index in [1.165, 1.54) is 13.2 Å². The molecule has 1 aromatic heterocycles. The van der Waals surface area contributed by atoms with Gasteiger partial charge in [-0.25, -0.2) is 4.79 Å². The van der Waals surface area contributed by atoms with Gasteiger partial charge < -0.3 is 29.1 Å². The lowest BCUT2D eigenvalue weighted by Gasteiger charge is -2.26. The van der Waals surface area contributed by atoms with Gasteiger partial charge in [-0.3, -0.25) is 14.5 Å². The maximum atomic E-state index is 12.5. The standard InChI is InChI=1S/C22H28N2O8/c1-14-15-11-18(31-10-6-24-4-8-30-9-5-24)20(27)17(13-25)21(15)32-22(28)16(14)12-19(26)23-3-7-29-2/h11,13,27H,3-10,12H2,1-2H3,(H,23,26). The van der Waals surface area contributed by atoms with E-state index in [4.69, 9.17) is 18.6 Å². The first kappa shape index (κ1) is 23.7. The Morgan fingerprint density at radius 2 is 2.06 bits per heavy atom. The van der Waals surface area contributed by atoms with E-state index in [2.05, 4.69) is 10.2 Å². The largest absolute Gasteiger partial charge is 0.504 e. The van der Waals surface area contributed by atoms with Crippen molar-refractivity contribution in [2.24, 2.45) is 0 Å². The number of methoxy groups -OCH3 is 1. The minimum absolute atomic E-state index is 0.0379. The number of morpholine rings is 1. The number of benzene rings is 1. The molecule has 10 heteroatoms. The van der Waals surface area contributed by atoms with E-state index < -0.39 is 5.63 Å². The zero-order valence-electron chi connectivity index (χ0n) is 18.3. The molecule has 3 rings (SSSR count). The number of rotatable bonds is 10. The molecule has 1 saturated heterocycles. The summed E-state index contributed by atoms with van der Waals surface area (Å²) in [5.74, 6) is -0.629. The zero-order valence-corrected chi connectivity index (χ0v) is 18.3. The maximum Gasteiger partial charge on any atom is 0.340 e. The average Bonchev–Trinajstić information content (AvgIpc) is 2.78. The van der Waals surface area contributed by atoms with E-state index in [1.807, 2.05) is 0 Å². The second-order valence-electron chi connectivity index (χ2n) is 7.45. The van der Waals surface area contributed by atoms with Crippen LogP contribution in [0.1, 0.15) is 21.5 Å². The first-order valence-corrected chi connectivity index (χ1v) is 10.4. The molecule has 0 radical (unpaired) electrons. The molecule has 2 heterocycles. The maximum absolute atomic E-state index is 12.5. The van der Waals surface area contributed by atoms with Crippen LogP contribution in [0.15, 0.2) is 15.3 Å². The molecule has 10 nitrogen and oxygen atoms in total. The molecule has 0 saturated carbocycles. The van der Waals surface area contributed by atoms with Gasteiger partial charge in [0.05, 0.1) is 31.8 Å². The van der Waals surface area contributed by atoms with Gasteiger partial charge >= 0.3 is 5.63 Å². The van der Waals surface area contributed by atoms with Crippen LogP contribution < -0.4 is 15.7 Å². The molecule has 0 atom stereocenters. The molecule has 32 heavy (non-hydrogen) atoms. The number of nitrogens with one attached hydrogen (secondary N) is 1. The molecule has 2 aromatic rings. The van der Waals surface area contributed by atoms with Crippen LogP contribution in [-0.2, 0) is 20.7 Å². The fourth-order valence-corrected chi connectivity index (χ4v) is 3.56. The summed E-state index contributed by atoms with van der Waals surface area (Å²) in [6.45, 7) is 6.18. The minimum Gasteiger partial charge on any atom is -0.504 e. The normalized spacial score (nSPS) is 14.4. The van der Waals surface area contributed by atoms with Crippen LogP contribution in [-0.4, -0.2) is 81.9 Å². The minimum atomic E-state index is -0.736. The number of fused-ring (bicyclic) bond motifs is 1. The van der Waals surface area contributed by atoms with E-state index in [1.54, 1.807) is 6.92 Å². The smallest absolute Gasteiger partial charge is 0.340 e. The Bertz CT molecular complexity index is 1030. The second-order valence-corrected chi connectivity index (χ2v) is 7.45. The number of carbonyl (C=O) groups excluding carboxylic acids is 2. The van der Waals surface area contributed by atoms with Crippen molar-refractivity contribution in [1.82, 2.24) is 10.2 Å². The van der Waals surface area contributed by atoms with Crippen LogP contribution in [0.3, 0.4) is 0 Å². The Morgan fingerprint density at radius 3 is 2.75 bits per heavy atom. The van der Waals surface area contributed by atoms with E-state index in [0.717, 1.165) is 13.1 Å². The third-order valence-electron chi connectivity index (χ3n) is 5.40. The van der Waals surface area contributed by atoms with Crippen molar-refractivity contribution in [1.29, 1.82) is 0 Å². The van der Waals surface area contributed by atoms with Crippen LogP contribution in [0.5, 0.6) is 11.5 Å². The Hall–Kier alpha value is -2.95. The predicted octanol–water partition coefficient (Wildman–Crippen LogP) is 0.636. The summed E-state index contributed by atoms with van der Waals surface area (Å²) in [7, 11) is 1.52. The van der Waals surface area contributed by atoms with E-state index >= 15 is 0 Å². The number of ether oxygens (including phenoxy) is 3. The zero-order chi connectivity index (χ0) is 23.1. The molecular formula is C22H28N2O8. The lowest BCUT2D eigenvalue weighted by atomic mass is 10.0. The number of aromatic hydroxyl groups is 1. The van der Waals surface area contributed by atoms with Crippen LogP contribution in [0.4, 0.5) is 0 Å². The summed E-state index contributed by atoms with van der Waals surface area (Å²) >= 11 is 0. The van der Waals surface area contributed by atoms with Crippen LogP contribution in [0.25, 0.3) is 11.0 Å². The number of aldehydes is 1. The van der Waals surface area contributed by atoms with Crippen molar-refractivity contribution >= 4 is 23.2 Å². The van der Waals surface area contributed by atoms with Crippen molar-refractivity contribution < 1.29 is 33.3 Å². The monoisotopic (exact) mass is 448 g/mol. The summed E-state index contributed by atoms with van der Waals surface area (Å²) in [6.07, 6.45) is 0.240. The van der Waals surface area contributed by atoms with Crippen molar-refractivity contribution in [3.05, 3.63) is 33.2 Å². The Morgan fingerprint density at radius 1 is 1.31 bits per heavy atom. The molecule has 1 aliphatic rings. The number of phenolic OH excluding ortho intramolecular Hbond substituents is 1. The summed E-state index contributed by atoms with van der Waals surface area (Å²) in [4.78, 5) is 38.5. The van der Waals surface area contributed by atoms with Gasteiger partial charge in [0.2, 0.25) is 5.91 Å². The SMILES string of the molecule is COCCNC(=O)Cc1c(C)c2cc(OCCN3CCOCC3)c(O)c(C=O)c2oc1=O. The highest BCUT2D eigenvalue weighted by molar-refractivity contribution is 6.00. The molecular weight excluding hydrogens is 420 g/mol. The van der Waals surface area contributed by atoms with Gasteiger partial charge in [-0.1, -0.05) is 0 Å². The molecule has 1 aromatic carbocycles. The fourth-order valence-electron chi connectivity index (χ4n) is 3.56. The molecule has 0 aliphatic carbocycles. The highest BCUT2D eigenvalue weighted by atomic mass is 16.5. The Kier molecular flexibility index (Phi) is 8.20. The quantitative estimate of drug-likeness (QED) is 0.306. The van der Waals surface area contributed by atoms with Gasteiger partial charge in [0.15, 0.2) is 23.4 Å². The van der Waals surface area contributed by atoms with Crippen LogP contribution >= 0.6 is 0 Å². The predicted molar refractivity (Wildman–Crippen MR) is 116 cm³/mol. The summed E-state index contributed by atoms with van der Waals surface area (Å²) in [5.41, 5.74) is -0.280. The molecule has 1 amide bonds. The summed E-state index contributed by atoms with van der Waals surface area (Å²) in [5, 5.41) is 13.6. The summed E-state index contributed by atoms with van der Waals surface area (Å²) in [6, 6.07) is 1.53. The van der Waals surface area contributed by atoms with Gasteiger partial charge in [-0.2, -0.15) is 0 Å². The summed E-state index contributed by atoms with van der Waals surface area (Å²) < 4.78 is 21.3. The van der Waals surface area contributed by atoms with Crippen LogP contribution in [0, 0.1) is 6.92 Å². The van der Waals surface area contributed by atoms with Crippen molar-refractivity contribution in [3.63, 3.8) is 0 Å². The van der Waals surface area contributed by atoms with E-state index in [-0.39, 0.29) is 40.5 Å². The lowest BCUT2D eigenvalue weighted by Crippen LogP contribution is -2.38. The number of nitrogens with zero attached hydrogens (tertiary/aromatic N) is 1. The second kappa shape index (κ2) is 11.1. The van der Waals surface area contributed by atoms with Gasteiger partial charge in [-0.05, 0) is 18.6 Å². The Balaban J connectivity index is 1.87. The number of hydrogen-bond donors (Lipinski definition) is 2. The first-order chi connectivity index (χ1) is 15.5. The molecule has 0 bridgehead atoms. The number of phenols is 1. The van der Waals surface area contributed by atoms with Gasteiger partial charge in [0.25, 0.3) is 0 Å². The Labute approximate surface area is 185 Å². The highest BCUT2D eigenvalue weighted by Gasteiger charge is 2.22. The number of aryl methyl sites for hydroxylation is 1. The molecule has 174 valence electrons. The third-order valence-corrected chi connectivity index (χ3v) is 5.40. The number of hydrogen-bond acceptors (Lipinski definition) is 9. The third kappa shape index (κ3) is 5.45. The van der Waals surface area contributed by atoms with Gasteiger partial charge in [-0.15, -0.1) is 0 Å². The highest BCUT2D eigenvalue weighted by Crippen LogP contribution is 2.37. The van der Waals surface area contributed by atoms with Crippen LogP contribution in [0.2, 0.25) is 0 Å². The van der Waals surface area contributed by atoms with E-state index in [9.17, 15) is 19.5 Å². The number of carbonyl (C=O) groups is 2. The topological polar surface area (TPSA) is 128 Å². The fraction of sp³-hybridized carbons (Fsp3) is 0.500. The molecule has 1 aliphatic heterocycles. The lowest BCUT2D eigenvalue weighted by molar-refractivity contribution is -0.120. The van der Waals surface area contributed by atoms with Gasteiger partial charge in [0.1, 0.15) is 12.2 Å². The van der Waals surface area contributed by atoms with Gasteiger partial charge in [0, 0.05) is 38.7 Å². The first-order valence-electron chi connectivity index (χ1n) is 10.4. The average molecular weight is 448 g/mol. The molecule has 0 spiro atoms.